The Morgan fingerprint density at radius 3 is 2.73 bits per heavy atom. The molecule has 2 unspecified atom stereocenters. The molecule has 9 nitrogen and oxygen atoms in total. The third-order valence-corrected chi connectivity index (χ3v) is 9.19. The van der Waals surface area contributed by atoms with Crippen molar-refractivity contribution >= 4 is 65.8 Å². The van der Waals surface area contributed by atoms with Crippen LogP contribution in [0, 0.1) is 5.92 Å². The summed E-state index contributed by atoms with van der Waals surface area (Å²) in [7, 11) is 0. The zero-order valence-electron chi connectivity index (χ0n) is 22.4. The standard InChI is InChI=1S/C28H32Br2N6O3S/c1-3-39-28-21-18(13-20(29)34-23(21)30)14-36(28)27(38)17-8-10-19(11-9-17)33-26-22(25(37)35-40-26)24(31)32-15(2)12-16-6-4-5-7-16/h8-11,13,15-16,28,33H,3-7,12,14H2,1-2H3,(H2,31,32)(H,35,37). The van der Waals surface area contributed by atoms with Crippen molar-refractivity contribution in [3.05, 3.63) is 72.1 Å². The molecule has 1 fully saturated rings. The number of amides is 1. The van der Waals surface area contributed by atoms with Crippen LogP contribution in [0.15, 0.2) is 49.3 Å². The summed E-state index contributed by atoms with van der Waals surface area (Å²) in [5, 5.41) is 3.86. The molecule has 2 atom stereocenters. The van der Waals surface area contributed by atoms with Gasteiger partial charge in [-0.2, -0.15) is 0 Å². The van der Waals surface area contributed by atoms with Crippen molar-refractivity contribution in [3.63, 3.8) is 0 Å². The van der Waals surface area contributed by atoms with Crippen molar-refractivity contribution in [1.29, 1.82) is 0 Å². The van der Waals surface area contributed by atoms with E-state index in [1.165, 1.54) is 37.2 Å². The number of ether oxygens (including phenoxy) is 1. The molecular formula is C28H32Br2N6O3S. The van der Waals surface area contributed by atoms with Crippen LogP contribution in [0.25, 0.3) is 0 Å². The number of benzene rings is 1. The Morgan fingerprint density at radius 2 is 2.02 bits per heavy atom. The van der Waals surface area contributed by atoms with E-state index in [-0.39, 0.29) is 23.3 Å². The average molecular weight is 692 g/mol. The number of aromatic amines is 1. The number of anilines is 2. The monoisotopic (exact) mass is 690 g/mol. The molecular weight excluding hydrogens is 660 g/mol. The van der Waals surface area contributed by atoms with Gasteiger partial charge >= 0.3 is 0 Å². The molecule has 1 aliphatic carbocycles. The van der Waals surface area contributed by atoms with Crippen molar-refractivity contribution in [2.24, 2.45) is 16.6 Å². The van der Waals surface area contributed by atoms with E-state index >= 15 is 0 Å². The minimum Gasteiger partial charge on any atom is -0.383 e. The molecule has 212 valence electrons. The van der Waals surface area contributed by atoms with Gasteiger partial charge in [-0.15, -0.1) is 0 Å². The summed E-state index contributed by atoms with van der Waals surface area (Å²) >= 11 is 8.13. The molecule has 0 saturated heterocycles. The predicted octanol–water partition coefficient (Wildman–Crippen LogP) is 6.47. The van der Waals surface area contributed by atoms with Crippen LogP contribution in [-0.2, 0) is 11.3 Å². The number of H-pyrrole nitrogens is 1. The smallest absolute Gasteiger partial charge is 0.271 e. The van der Waals surface area contributed by atoms with Gasteiger partial charge in [-0.05, 0) is 105 Å². The lowest BCUT2D eigenvalue weighted by atomic mass is 10.00. The van der Waals surface area contributed by atoms with Crippen LogP contribution < -0.4 is 16.6 Å². The van der Waals surface area contributed by atoms with Crippen LogP contribution >= 0.6 is 43.4 Å². The maximum absolute atomic E-state index is 13.5. The Bertz CT molecular complexity index is 1470. The fourth-order valence-corrected chi connectivity index (χ4v) is 7.66. The molecule has 0 spiro atoms. The topological polar surface area (TPSA) is 126 Å². The van der Waals surface area contributed by atoms with Gasteiger partial charge in [0.15, 0.2) is 6.23 Å². The fraction of sp³-hybridized carbons (Fsp3) is 0.429. The number of rotatable bonds is 9. The van der Waals surface area contributed by atoms with Crippen molar-refractivity contribution in [3.8, 4) is 0 Å². The van der Waals surface area contributed by atoms with Gasteiger partial charge in [-0.3, -0.25) is 19.0 Å². The number of nitrogens with one attached hydrogen (secondary N) is 2. The number of aromatic nitrogens is 2. The van der Waals surface area contributed by atoms with Gasteiger partial charge in [-0.25, -0.2) is 4.98 Å². The van der Waals surface area contributed by atoms with Crippen LogP contribution in [0.5, 0.6) is 0 Å². The Labute approximate surface area is 254 Å². The van der Waals surface area contributed by atoms with Crippen LogP contribution in [0.4, 0.5) is 10.7 Å². The summed E-state index contributed by atoms with van der Waals surface area (Å²) < 4.78 is 10.1. The highest BCUT2D eigenvalue weighted by atomic mass is 79.9. The second-order valence-corrected chi connectivity index (χ2v) is 12.6. The molecule has 2 aromatic heterocycles. The van der Waals surface area contributed by atoms with E-state index in [0.717, 1.165) is 23.2 Å². The predicted molar refractivity (Wildman–Crippen MR) is 165 cm³/mol. The first-order chi connectivity index (χ1) is 19.2. The van der Waals surface area contributed by atoms with Crippen molar-refractivity contribution in [1.82, 2.24) is 14.3 Å². The third kappa shape index (κ3) is 6.19. The second-order valence-electron chi connectivity index (χ2n) is 10.2. The Balaban J connectivity index is 1.30. The molecule has 5 rings (SSSR count). The minimum atomic E-state index is -0.529. The first-order valence-electron chi connectivity index (χ1n) is 13.4. The quantitative estimate of drug-likeness (QED) is 0.134. The Morgan fingerprint density at radius 1 is 1.30 bits per heavy atom. The molecule has 12 heteroatoms. The van der Waals surface area contributed by atoms with Crippen molar-refractivity contribution in [2.45, 2.75) is 64.8 Å². The lowest BCUT2D eigenvalue weighted by Gasteiger charge is -2.25. The lowest BCUT2D eigenvalue weighted by molar-refractivity contribution is -0.0356. The van der Waals surface area contributed by atoms with Crippen LogP contribution in [0.2, 0.25) is 0 Å². The first-order valence-corrected chi connectivity index (χ1v) is 15.8. The molecule has 1 aliphatic heterocycles. The second kappa shape index (κ2) is 12.5. The van der Waals surface area contributed by atoms with Gasteiger partial charge in [0.2, 0.25) is 0 Å². The van der Waals surface area contributed by atoms with Gasteiger partial charge in [-0.1, -0.05) is 25.7 Å². The van der Waals surface area contributed by atoms with Gasteiger partial charge in [0.05, 0.1) is 0 Å². The van der Waals surface area contributed by atoms with E-state index in [0.29, 0.717) is 44.4 Å². The maximum Gasteiger partial charge on any atom is 0.271 e. The average Bonchev–Trinajstić information content (AvgIpc) is 3.64. The molecule has 1 saturated carbocycles. The zero-order valence-corrected chi connectivity index (χ0v) is 26.4. The number of carbonyl (C=O) groups excluding carboxylic acids is 1. The number of hydrogen-bond donors (Lipinski definition) is 3. The van der Waals surface area contributed by atoms with E-state index in [1.54, 1.807) is 17.0 Å². The number of nitrogens with zero attached hydrogens (tertiary/aromatic N) is 3. The number of hydrogen-bond acceptors (Lipinski definition) is 7. The summed E-state index contributed by atoms with van der Waals surface area (Å²) in [6.07, 6.45) is 5.51. The maximum atomic E-state index is 13.5. The number of carbonyl (C=O) groups is 1. The van der Waals surface area contributed by atoms with Crippen LogP contribution in [0.1, 0.15) is 79.2 Å². The summed E-state index contributed by atoms with van der Waals surface area (Å²) in [6, 6.07) is 9.10. The van der Waals surface area contributed by atoms with Gasteiger partial charge in [0.25, 0.3) is 11.5 Å². The molecule has 3 aromatic rings. The van der Waals surface area contributed by atoms with E-state index in [9.17, 15) is 9.59 Å². The third-order valence-electron chi connectivity index (χ3n) is 7.38. The minimum absolute atomic E-state index is 0.0512. The number of halogens is 2. The van der Waals surface area contributed by atoms with Gasteiger partial charge in [0, 0.05) is 36.0 Å². The molecule has 1 aromatic carbocycles. The molecule has 3 heterocycles. The summed E-state index contributed by atoms with van der Waals surface area (Å²) in [6.45, 7) is 4.82. The van der Waals surface area contributed by atoms with E-state index in [1.807, 2.05) is 25.1 Å². The zero-order chi connectivity index (χ0) is 28.4. The van der Waals surface area contributed by atoms with Crippen LogP contribution in [-0.4, -0.2) is 38.6 Å². The Kier molecular flexibility index (Phi) is 9.08. The molecule has 40 heavy (non-hydrogen) atoms. The van der Waals surface area contributed by atoms with E-state index in [2.05, 4.69) is 58.5 Å². The highest BCUT2D eigenvalue weighted by molar-refractivity contribution is 9.11. The number of aliphatic imine (C=N–C) groups is 1. The molecule has 4 N–H and O–H groups in total. The number of fused-ring (bicyclic) bond motifs is 1. The summed E-state index contributed by atoms with van der Waals surface area (Å²) in [5.74, 6) is 0.777. The van der Waals surface area contributed by atoms with Crippen molar-refractivity contribution < 1.29 is 9.53 Å². The molecule has 2 aliphatic rings. The largest absolute Gasteiger partial charge is 0.383 e. The number of amidine groups is 1. The fourth-order valence-electron chi connectivity index (χ4n) is 5.56. The van der Waals surface area contributed by atoms with Crippen molar-refractivity contribution in [2.75, 3.05) is 11.9 Å². The normalized spacial score (nSPS) is 18.2. The Hall–Kier alpha value is -2.54. The molecule has 0 bridgehead atoms. The highest BCUT2D eigenvalue weighted by Crippen LogP contribution is 2.40. The van der Waals surface area contributed by atoms with E-state index < -0.39 is 6.23 Å². The lowest BCUT2D eigenvalue weighted by Crippen LogP contribution is -2.31. The first kappa shape index (κ1) is 29.0. The summed E-state index contributed by atoms with van der Waals surface area (Å²) in [5.41, 5.74) is 9.49. The van der Waals surface area contributed by atoms with Gasteiger partial charge in [0.1, 0.15) is 25.6 Å². The molecule has 0 radical (unpaired) electrons. The summed E-state index contributed by atoms with van der Waals surface area (Å²) in [4.78, 5) is 36.9. The van der Waals surface area contributed by atoms with Crippen LogP contribution in [0.3, 0.4) is 0 Å². The number of pyridine rings is 1. The highest BCUT2D eigenvalue weighted by Gasteiger charge is 2.37. The SMILES string of the molecule is CCOC1c2c(cc(Br)nc2Br)CN1C(=O)c1ccc(Nc2s[nH]c(=O)c2C(N)=NC(C)CC2CCCC2)cc1. The number of nitrogens with two attached hydrogens (primary N) is 1. The van der Waals surface area contributed by atoms with Gasteiger partial charge < -0.3 is 20.7 Å². The molecule has 1 amide bonds. The van der Waals surface area contributed by atoms with E-state index in [4.69, 9.17) is 10.5 Å².